The number of imide groups is 1. The average molecular weight is 431 g/mol. The molecule has 2 fully saturated rings. The van der Waals surface area contributed by atoms with Crippen LogP contribution in [0.4, 0.5) is 4.79 Å². The maximum atomic E-state index is 12.7. The first-order chi connectivity index (χ1) is 11.9. The van der Waals surface area contributed by atoms with Crippen LogP contribution in [0.3, 0.4) is 0 Å². The van der Waals surface area contributed by atoms with Gasteiger partial charge >= 0.3 is 6.03 Å². The summed E-state index contributed by atoms with van der Waals surface area (Å²) >= 11 is 3.29. The summed E-state index contributed by atoms with van der Waals surface area (Å²) in [4.78, 5) is 27.0. The van der Waals surface area contributed by atoms with Crippen molar-refractivity contribution in [3.63, 3.8) is 0 Å². The second kappa shape index (κ2) is 7.40. The quantitative estimate of drug-likeness (QED) is 0.741. The fourth-order valence-electron chi connectivity index (χ4n) is 2.89. The summed E-state index contributed by atoms with van der Waals surface area (Å²) in [5, 5.41) is 2.59. The van der Waals surface area contributed by atoms with E-state index >= 15 is 0 Å². The highest BCUT2D eigenvalue weighted by Gasteiger charge is 2.31. The molecule has 2 heterocycles. The molecule has 0 bridgehead atoms. The van der Waals surface area contributed by atoms with Gasteiger partial charge in [0.15, 0.2) is 0 Å². The van der Waals surface area contributed by atoms with E-state index in [1.807, 2.05) is 4.90 Å². The number of piperazine rings is 1. The molecule has 25 heavy (non-hydrogen) atoms. The third-order valence-corrected chi connectivity index (χ3v) is 6.67. The zero-order valence-electron chi connectivity index (χ0n) is 13.5. The van der Waals surface area contributed by atoms with Gasteiger partial charge in [-0.25, -0.2) is 13.2 Å². The average Bonchev–Trinajstić information content (AvgIpc) is 3.01. The minimum absolute atomic E-state index is 0.123. The zero-order valence-corrected chi connectivity index (χ0v) is 15.9. The van der Waals surface area contributed by atoms with E-state index in [2.05, 4.69) is 21.2 Å². The molecule has 0 saturated carbocycles. The molecule has 0 unspecified atom stereocenters. The van der Waals surface area contributed by atoms with Crippen LogP contribution in [0.2, 0.25) is 0 Å². The van der Waals surface area contributed by atoms with Crippen LogP contribution in [-0.4, -0.2) is 80.3 Å². The monoisotopic (exact) mass is 430 g/mol. The van der Waals surface area contributed by atoms with Crippen molar-refractivity contribution in [1.29, 1.82) is 0 Å². The highest BCUT2D eigenvalue weighted by molar-refractivity contribution is 9.10. The molecule has 8 nitrogen and oxygen atoms in total. The van der Waals surface area contributed by atoms with Gasteiger partial charge < -0.3 is 5.32 Å². The molecule has 2 aliphatic heterocycles. The minimum Gasteiger partial charge on any atom is -0.336 e. The topological polar surface area (TPSA) is 90.0 Å². The first-order valence-corrected chi connectivity index (χ1v) is 10.2. The van der Waals surface area contributed by atoms with Gasteiger partial charge in [0.25, 0.3) is 0 Å². The van der Waals surface area contributed by atoms with Crippen LogP contribution in [0.25, 0.3) is 0 Å². The third-order valence-electron chi connectivity index (χ3n) is 4.28. The van der Waals surface area contributed by atoms with Gasteiger partial charge in [0.1, 0.15) is 0 Å². The number of rotatable bonds is 4. The predicted molar refractivity (Wildman–Crippen MR) is 94.5 cm³/mol. The Kier molecular flexibility index (Phi) is 5.42. The first-order valence-electron chi connectivity index (χ1n) is 7.94. The van der Waals surface area contributed by atoms with Crippen LogP contribution in [0.15, 0.2) is 33.6 Å². The van der Waals surface area contributed by atoms with Crippen molar-refractivity contribution in [3.05, 3.63) is 28.7 Å². The van der Waals surface area contributed by atoms with E-state index in [9.17, 15) is 18.0 Å². The number of sulfonamides is 1. The van der Waals surface area contributed by atoms with E-state index in [1.165, 1.54) is 9.21 Å². The fraction of sp³-hybridized carbons (Fsp3) is 0.467. The molecule has 1 N–H and O–H groups in total. The molecular formula is C15H19BrN4O4S. The van der Waals surface area contributed by atoms with Gasteiger partial charge in [0.2, 0.25) is 15.9 Å². The molecular weight excluding hydrogens is 412 g/mol. The Hall–Kier alpha value is -1.49. The number of urea groups is 1. The van der Waals surface area contributed by atoms with Gasteiger partial charge in [0, 0.05) is 43.7 Å². The van der Waals surface area contributed by atoms with E-state index in [1.54, 1.807) is 24.3 Å². The second-order valence-corrected chi connectivity index (χ2v) is 8.77. The lowest BCUT2D eigenvalue weighted by atomic mass is 10.3. The largest absolute Gasteiger partial charge is 0.336 e. The molecule has 2 aliphatic rings. The Morgan fingerprint density at radius 1 is 1.16 bits per heavy atom. The second-order valence-electron chi connectivity index (χ2n) is 5.91. The molecule has 136 valence electrons. The van der Waals surface area contributed by atoms with Crippen LogP contribution in [0.1, 0.15) is 0 Å². The summed E-state index contributed by atoms with van der Waals surface area (Å²) in [6, 6.07) is 6.25. The number of hydrogen-bond acceptors (Lipinski definition) is 5. The van der Waals surface area contributed by atoms with Crippen molar-refractivity contribution in [2.45, 2.75) is 4.90 Å². The standard InChI is InChI=1S/C15H19BrN4O4S/c16-12-2-1-3-13(10-12)25(23,24)19-8-6-18(7-9-19)11-14(21)20-5-4-17-15(20)22/h1-3,10H,4-9,11H2,(H,17,22). The number of nitrogens with one attached hydrogen (secondary N) is 1. The normalized spacial score (nSPS) is 19.9. The summed E-state index contributed by atoms with van der Waals surface area (Å²) in [7, 11) is -3.54. The summed E-state index contributed by atoms with van der Waals surface area (Å²) in [6.07, 6.45) is 0. The summed E-state index contributed by atoms with van der Waals surface area (Å²) < 4.78 is 27.5. The minimum atomic E-state index is -3.54. The van der Waals surface area contributed by atoms with Gasteiger partial charge in [-0.2, -0.15) is 4.31 Å². The lowest BCUT2D eigenvalue weighted by Gasteiger charge is -2.34. The SMILES string of the molecule is O=C(CN1CCN(S(=O)(=O)c2cccc(Br)c2)CC1)N1CCNC1=O. The molecule has 10 heteroatoms. The van der Waals surface area contributed by atoms with Crippen molar-refractivity contribution in [2.24, 2.45) is 0 Å². The van der Waals surface area contributed by atoms with Crippen LogP contribution in [-0.2, 0) is 14.8 Å². The number of carbonyl (C=O) groups excluding carboxylic acids is 2. The molecule has 0 aliphatic carbocycles. The van der Waals surface area contributed by atoms with Crippen LogP contribution in [0.5, 0.6) is 0 Å². The van der Waals surface area contributed by atoms with Gasteiger partial charge in [-0.3, -0.25) is 14.6 Å². The molecule has 3 amide bonds. The van der Waals surface area contributed by atoms with Crippen molar-refractivity contribution < 1.29 is 18.0 Å². The summed E-state index contributed by atoms with van der Waals surface area (Å²) in [5.74, 6) is -0.252. The Labute approximate surface area is 154 Å². The van der Waals surface area contributed by atoms with E-state index in [0.717, 1.165) is 0 Å². The number of halogens is 1. The lowest BCUT2D eigenvalue weighted by molar-refractivity contribution is -0.129. The lowest BCUT2D eigenvalue weighted by Crippen LogP contribution is -2.51. The van der Waals surface area contributed by atoms with Gasteiger partial charge in [-0.1, -0.05) is 22.0 Å². The van der Waals surface area contributed by atoms with Crippen molar-refractivity contribution in [3.8, 4) is 0 Å². The number of benzene rings is 1. The van der Waals surface area contributed by atoms with Crippen molar-refractivity contribution in [1.82, 2.24) is 19.4 Å². The van der Waals surface area contributed by atoms with Crippen molar-refractivity contribution >= 4 is 37.9 Å². The molecule has 0 spiro atoms. The number of carbonyl (C=O) groups is 2. The van der Waals surface area contributed by atoms with E-state index in [-0.39, 0.29) is 23.4 Å². The van der Waals surface area contributed by atoms with Gasteiger partial charge in [-0.15, -0.1) is 0 Å². The Balaban J connectivity index is 1.58. The molecule has 0 aromatic heterocycles. The van der Waals surface area contributed by atoms with Gasteiger partial charge in [0.05, 0.1) is 11.4 Å². The number of hydrogen-bond donors (Lipinski definition) is 1. The highest BCUT2D eigenvalue weighted by Crippen LogP contribution is 2.21. The number of amides is 3. The Morgan fingerprint density at radius 3 is 2.48 bits per heavy atom. The first kappa shape index (κ1) is 18.3. The van der Waals surface area contributed by atoms with E-state index in [0.29, 0.717) is 43.7 Å². The molecule has 1 aromatic carbocycles. The van der Waals surface area contributed by atoms with Crippen molar-refractivity contribution in [2.75, 3.05) is 45.8 Å². The maximum absolute atomic E-state index is 12.7. The molecule has 0 atom stereocenters. The molecule has 3 rings (SSSR count). The maximum Gasteiger partial charge on any atom is 0.324 e. The predicted octanol–water partition coefficient (Wildman–Crippen LogP) is 0.307. The van der Waals surface area contributed by atoms with Crippen LogP contribution in [0, 0.1) is 0 Å². The summed E-state index contributed by atoms with van der Waals surface area (Å²) in [5.41, 5.74) is 0. The Morgan fingerprint density at radius 2 is 1.88 bits per heavy atom. The smallest absolute Gasteiger partial charge is 0.324 e. The van der Waals surface area contributed by atoms with E-state index < -0.39 is 10.0 Å². The van der Waals surface area contributed by atoms with Crippen LogP contribution >= 0.6 is 15.9 Å². The number of nitrogens with zero attached hydrogens (tertiary/aromatic N) is 3. The Bertz CT molecular complexity index is 777. The fourth-order valence-corrected chi connectivity index (χ4v) is 4.91. The third kappa shape index (κ3) is 4.02. The molecule has 0 radical (unpaired) electrons. The summed E-state index contributed by atoms with van der Waals surface area (Å²) in [6.45, 7) is 2.52. The van der Waals surface area contributed by atoms with E-state index in [4.69, 9.17) is 0 Å². The molecule has 2 saturated heterocycles. The molecule has 1 aromatic rings. The van der Waals surface area contributed by atoms with Gasteiger partial charge in [-0.05, 0) is 18.2 Å². The van der Waals surface area contributed by atoms with Crippen LogP contribution < -0.4 is 5.32 Å². The highest BCUT2D eigenvalue weighted by atomic mass is 79.9. The zero-order chi connectivity index (χ0) is 18.0.